The van der Waals surface area contributed by atoms with Gasteiger partial charge in [0.1, 0.15) is 11.8 Å². The van der Waals surface area contributed by atoms with Crippen molar-refractivity contribution in [3.63, 3.8) is 0 Å². The minimum Gasteiger partial charge on any atom is -0.544 e. The molecule has 106 valence electrons. The fourth-order valence-corrected chi connectivity index (χ4v) is 4.16. The quantitative estimate of drug-likeness (QED) is 0.463. The van der Waals surface area contributed by atoms with Crippen molar-refractivity contribution in [2.45, 2.75) is 12.5 Å². The van der Waals surface area contributed by atoms with Crippen molar-refractivity contribution in [2.24, 2.45) is 0 Å². The van der Waals surface area contributed by atoms with E-state index < -0.39 is 12.0 Å². The van der Waals surface area contributed by atoms with Gasteiger partial charge < -0.3 is 19.1 Å². The van der Waals surface area contributed by atoms with E-state index in [2.05, 4.69) is 45.2 Å². The molecule has 1 aromatic rings. The Morgan fingerprint density at radius 1 is 1.32 bits per heavy atom. The van der Waals surface area contributed by atoms with Crippen molar-refractivity contribution >= 4 is 51.2 Å². The molecule has 0 fully saturated rings. The van der Waals surface area contributed by atoms with Gasteiger partial charge in [0.05, 0.1) is 41.4 Å². The number of hydrogen-bond donors (Lipinski definition) is 0. The molecular formula is C13H17I2NO3. The van der Waals surface area contributed by atoms with Crippen molar-refractivity contribution < 1.29 is 19.1 Å². The van der Waals surface area contributed by atoms with Crippen LogP contribution in [0.3, 0.4) is 0 Å². The second-order valence-electron chi connectivity index (χ2n) is 5.25. The van der Waals surface area contributed by atoms with Crippen LogP contribution in [0.15, 0.2) is 12.1 Å². The van der Waals surface area contributed by atoms with E-state index in [1.54, 1.807) is 7.11 Å². The lowest BCUT2D eigenvalue weighted by Crippen LogP contribution is -2.55. The number of carboxylic acids is 1. The average molecular weight is 489 g/mol. The molecular weight excluding hydrogens is 472 g/mol. The van der Waals surface area contributed by atoms with Gasteiger partial charge in [-0.25, -0.2) is 0 Å². The smallest absolute Gasteiger partial charge is 0.145 e. The Morgan fingerprint density at radius 2 is 1.79 bits per heavy atom. The fraction of sp³-hybridized carbons (Fsp3) is 0.462. The van der Waals surface area contributed by atoms with Crippen LogP contribution in [0.1, 0.15) is 5.56 Å². The first-order valence-electron chi connectivity index (χ1n) is 5.70. The highest BCUT2D eigenvalue weighted by Gasteiger charge is 2.26. The number of carbonyl (C=O) groups excluding carboxylic acids is 1. The van der Waals surface area contributed by atoms with Gasteiger partial charge in [0.15, 0.2) is 0 Å². The first kappa shape index (κ1) is 17.0. The summed E-state index contributed by atoms with van der Waals surface area (Å²) in [4.78, 5) is 11.3. The molecule has 0 aromatic heterocycles. The summed E-state index contributed by atoms with van der Waals surface area (Å²) in [5, 5.41) is 11.3. The van der Waals surface area contributed by atoms with Crippen LogP contribution in [0.5, 0.6) is 5.75 Å². The molecule has 0 unspecified atom stereocenters. The van der Waals surface area contributed by atoms with Crippen LogP contribution in [0.25, 0.3) is 0 Å². The Labute approximate surface area is 141 Å². The lowest BCUT2D eigenvalue weighted by atomic mass is 10.0. The summed E-state index contributed by atoms with van der Waals surface area (Å²) in [7, 11) is 7.22. The van der Waals surface area contributed by atoms with Crippen LogP contribution < -0.4 is 9.84 Å². The number of aliphatic carboxylic acids is 1. The third-order valence-corrected chi connectivity index (χ3v) is 4.50. The number of rotatable bonds is 5. The van der Waals surface area contributed by atoms with Crippen LogP contribution in [0.4, 0.5) is 0 Å². The number of nitrogens with zero attached hydrogens (tertiary/aromatic N) is 1. The predicted molar refractivity (Wildman–Crippen MR) is 89.0 cm³/mol. The molecule has 0 aliphatic carbocycles. The van der Waals surface area contributed by atoms with E-state index in [1.807, 2.05) is 33.3 Å². The average Bonchev–Trinajstić information content (AvgIpc) is 2.23. The number of methoxy groups -OCH3 is 1. The number of carboxylic acid groups (broad SMARTS) is 1. The van der Waals surface area contributed by atoms with Crippen molar-refractivity contribution in [2.75, 3.05) is 28.3 Å². The van der Waals surface area contributed by atoms with Gasteiger partial charge in [0.25, 0.3) is 0 Å². The van der Waals surface area contributed by atoms with Crippen LogP contribution in [-0.2, 0) is 11.2 Å². The number of likely N-dealkylation sites (N-methyl/N-ethyl adjacent to an activating group) is 1. The highest BCUT2D eigenvalue weighted by molar-refractivity contribution is 14.1. The normalized spacial score (nSPS) is 13.2. The molecule has 0 heterocycles. The van der Waals surface area contributed by atoms with Gasteiger partial charge >= 0.3 is 0 Å². The standard InChI is InChI=1S/C13H17I2NO3/c1-16(2,3)11(13(17)18)7-8-5-9(14)12(19-4)10(15)6-8/h5-6,11H,7H2,1-4H3/t11-/m1/s1. The summed E-state index contributed by atoms with van der Waals surface area (Å²) in [5.41, 5.74) is 0.983. The zero-order chi connectivity index (χ0) is 14.8. The van der Waals surface area contributed by atoms with E-state index >= 15 is 0 Å². The summed E-state index contributed by atoms with van der Waals surface area (Å²) in [5.74, 6) is -0.187. The monoisotopic (exact) mass is 489 g/mol. The van der Waals surface area contributed by atoms with Gasteiger partial charge in [0.2, 0.25) is 0 Å². The molecule has 1 atom stereocenters. The van der Waals surface area contributed by atoms with E-state index in [-0.39, 0.29) is 0 Å². The molecule has 19 heavy (non-hydrogen) atoms. The van der Waals surface area contributed by atoms with Gasteiger partial charge in [-0.2, -0.15) is 0 Å². The van der Waals surface area contributed by atoms with E-state index in [0.29, 0.717) is 10.9 Å². The van der Waals surface area contributed by atoms with E-state index in [0.717, 1.165) is 18.5 Å². The molecule has 0 saturated carbocycles. The number of carbonyl (C=O) groups is 1. The van der Waals surface area contributed by atoms with Crippen molar-refractivity contribution in [3.05, 3.63) is 24.8 Å². The van der Waals surface area contributed by atoms with Gasteiger partial charge in [-0.3, -0.25) is 0 Å². The lowest BCUT2D eigenvalue weighted by molar-refractivity contribution is -0.889. The molecule has 0 amide bonds. The largest absolute Gasteiger partial charge is 0.544 e. The third kappa shape index (κ3) is 4.45. The molecule has 0 N–H and O–H groups in total. The van der Waals surface area contributed by atoms with Crippen LogP contribution in [0, 0.1) is 7.14 Å². The minimum absolute atomic E-state index is 0.335. The van der Waals surface area contributed by atoms with Gasteiger partial charge in [-0.15, -0.1) is 0 Å². The Kier molecular flexibility index (Phi) is 5.87. The zero-order valence-electron chi connectivity index (χ0n) is 11.4. The molecule has 0 aliphatic rings. The van der Waals surface area contributed by atoms with E-state index in [4.69, 9.17) is 4.74 Å². The van der Waals surface area contributed by atoms with Crippen LogP contribution >= 0.6 is 45.2 Å². The summed E-state index contributed by atoms with van der Waals surface area (Å²) in [6, 6.07) is 3.36. The second-order valence-corrected chi connectivity index (χ2v) is 7.57. The molecule has 0 saturated heterocycles. The van der Waals surface area contributed by atoms with E-state index in [9.17, 15) is 9.90 Å². The van der Waals surface area contributed by atoms with Gasteiger partial charge in [0, 0.05) is 6.42 Å². The molecule has 0 bridgehead atoms. The minimum atomic E-state index is -1.02. The predicted octanol–water partition coefficient (Wildman–Crippen LogP) is 1.27. The third-order valence-electron chi connectivity index (χ3n) is 2.90. The summed E-state index contributed by atoms with van der Waals surface area (Å²) in [6.07, 6.45) is 0.446. The maximum atomic E-state index is 11.3. The maximum absolute atomic E-state index is 11.3. The van der Waals surface area contributed by atoms with E-state index in [1.165, 1.54) is 0 Å². The Hall–Kier alpha value is -0.0900. The van der Waals surface area contributed by atoms with Crippen LogP contribution in [0.2, 0.25) is 0 Å². The molecule has 0 aliphatic heterocycles. The first-order valence-corrected chi connectivity index (χ1v) is 7.86. The number of hydrogen-bond acceptors (Lipinski definition) is 3. The van der Waals surface area contributed by atoms with Crippen LogP contribution in [-0.4, -0.2) is 44.7 Å². The maximum Gasteiger partial charge on any atom is 0.145 e. The molecule has 6 heteroatoms. The molecule has 0 spiro atoms. The molecule has 1 rings (SSSR count). The lowest BCUT2D eigenvalue weighted by Gasteiger charge is -2.34. The molecule has 0 radical (unpaired) electrons. The van der Waals surface area contributed by atoms with Gasteiger partial charge in [-0.1, -0.05) is 0 Å². The molecule has 4 nitrogen and oxygen atoms in total. The zero-order valence-corrected chi connectivity index (χ0v) is 15.7. The number of quaternary nitrogens is 1. The molecule has 1 aromatic carbocycles. The second kappa shape index (κ2) is 6.57. The Balaban J connectivity index is 3.08. The Bertz CT molecular complexity index is 460. The first-order chi connectivity index (χ1) is 8.66. The van der Waals surface area contributed by atoms with Crippen molar-refractivity contribution in [1.29, 1.82) is 0 Å². The number of benzene rings is 1. The highest BCUT2D eigenvalue weighted by Crippen LogP contribution is 2.29. The van der Waals surface area contributed by atoms with Gasteiger partial charge in [-0.05, 0) is 62.9 Å². The fourth-order valence-electron chi connectivity index (χ4n) is 1.82. The summed E-state index contributed by atoms with van der Waals surface area (Å²) < 4.78 is 7.61. The van der Waals surface area contributed by atoms with Crippen molar-refractivity contribution in [1.82, 2.24) is 0 Å². The summed E-state index contributed by atoms with van der Waals surface area (Å²) in [6.45, 7) is 0. The number of ether oxygens (including phenoxy) is 1. The van der Waals surface area contributed by atoms with Crippen molar-refractivity contribution in [3.8, 4) is 5.75 Å². The SMILES string of the molecule is COc1c(I)cc(C[C@H](C(=O)[O-])[N+](C)(C)C)cc1I. The topological polar surface area (TPSA) is 49.4 Å². The summed E-state index contributed by atoms with van der Waals surface area (Å²) >= 11 is 4.40. The highest BCUT2D eigenvalue weighted by atomic mass is 127. The number of halogens is 2. The Morgan fingerprint density at radius 3 is 2.11 bits per heavy atom.